The molecule has 0 aliphatic carbocycles. The first-order valence-electron chi connectivity index (χ1n) is 6.76. The van der Waals surface area contributed by atoms with Crippen LogP contribution < -0.4 is 0 Å². The van der Waals surface area contributed by atoms with Crippen LogP contribution in [0.25, 0.3) is 0 Å². The number of hydrogen-bond acceptors (Lipinski definition) is 3. The van der Waals surface area contributed by atoms with E-state index in [-0.39, 0.29) is 5.91 Å². The lowest BCUT2D eigenvalue weighted by Gasteiger charge is -2.35. The molecule has 5 nitrogen and oxygen atoms in total. The number of carboxylic acid groups (broad SMARTS) is 1. The minimum atomic E-state index is -0.944. The Hall–Kier alpha value is -1.88. The van der Waals surface area contributed by atoms with Crippen molar-refractivity contribution in [3.63, 3.8) is 0 Å². The van der Waals surface area contributed by atoms with Crippen LogP contribution in [0.5, 0.6) is 0 Å². The molecule has 20 heavy (non-hydrogen) atoms. The molecule has 1 saturated heterocycles. The Bertz CT molecular complexity index is 474. The van der Waals surface area contributed by atoms with Crippen LogP contribution in [0.1, 0.15) is 30.9 Å². The number of piperidine rings is 1. The summed E-state index contributed by atoms with van der Waals surface area (Å²) in [5.41, 5.74) is 0.745. The number of methoxy groups -OCH3 is 1. The van der Waals surface area contributed by atoms with E-state index in [4.69, 9.17) is 4.74 Å². The number of hydrogen-bond donors (Lipinski definition) is 1. The number of aliphatic carboxylic acids is 1. The second-order valence-corrected chi connectivity index (χ2v) is 4.91. The van der Waals surface area contributed by atoms with Crippen molar-refractivity contribution in [3.05, 3.63) is 35.9 Å². The van der Waals surface area contributed by atoms with E-state index in [1.165, 1.54) is 12.0 Å². The molecule has 0 bridgehead atoms. The zero-order valence-corrected chi connectivity index (χ0v) is 11.5. The molecule has 0 unspecified atom stereocenters. The summed E-state index contributed by atoms with van der Waals surface area (Å²) in [4.78, 5) is 25.3. The highest BCUT2D eigenvalue weighted by molar-refractivity contribution is 5.87. The van der Waals surface area contributed by atoms with Crippen LogP contribution in [0.15, 0.2) is 30.3 Å². The van der Waals surface area contributed by atoms with Gasteiger partial charge >= 0.3 is 5.97 Å². The van der Waals surface area contributed by atoms with E-state index in [9.17, 15) is 14.7 Å². The van der Waals surface area contributed by atoms with Gasteiger partial charge in [0.15, 0.2) is 6.10 Å². The van der Waals surface area contributed by atoms with Gasteiger partial charge in [-0.1, -0.05) is 30.3 Å². The fraction of sp³-hybridized carbons (Fsp3) is 0.467. The maximum absolute atomic E-state index is 12.6. The number of rotatable bonds is 4. The summed E-state index contributed by atoms with van der Waals surface area (Å²) in [6.45, 7) is 0.475. The Kier molecular flexibility index (Phi) is 4.74. The molecular weight excluding hydrogens is 258 g/mol. The fourth-order valence-corrected chi connectivity index (χ4v) is 2.61. The largest absolute Gasteiger partial charge is 0.480 e. The monoisotopic (exact) mass is 277 g/mol. The average molecular weight is 277 g/mol. The molecule has 1 aliphatic rings. The number of carboxylic acids is 1. The molecule has 1 fully saturated rings. The van der Waals surface area contributed by atoms with E-state index < -0.39 is 18.1 Å². The molecule has 0 spiro atoms. The molecule has 0 radical (unpaired) electrons. The maximum Gasteiger partial charge on any atom is 0.326 e. The number of benzene rings is 1. The molecule has 1 amide bonds. The van der Waals surface area contributed by atoms with Gasteiger partial charge in [-0.2, -0.15) is 0 Å². The van der Waals surface area contributed by atoms with E-state index in [1.54, 1.807) is 0 Å². The van der Waals surface area contributed by atoms with Crippen molar-refractivity contribution in [2.75, 3.05) is 13.7 Å². The minimum absolute atomic E-state index is 0.272. The summed E-state index contributed by atoms with van der Waals surface area (Å²) in [5, 5.41) is 9.25. The van der Waals surface area contributed by atoms with Crippen molar-refractivity contribution in [3.8, 4) is 0 Å². The van der Waals surface area contributed by atoms with Crippen molar-refractivity contribution in [1.29, 1.82) is 0 Å². The molecule has 1 N–H and O–H groups in total. The summed E-state index contributed by atoms with van der Waals surface area (Å²) in [6.07, 6.45) is 1.44. The number of nitrogens with zero attached hydrogens (tertiary/aromatic N) is 1. The van der Waals surface area contributed by atoms with E-state index in [2.05, 4.69) is 0 Å². The van der Waals surface area contributed by atoms with Gasteiger partial charge in [0.2, 0.25) is 0 Å². The van der Waals surface area contributed by atoms with Crippen molar-refractivity contribution >= 4 is 11.9 Å². The number of likely N-dealkylation sites (tertiary alicyclic amines) is 1. The number of amides is 1. The molecule has 1 aliphatic heterocycles. The first-order valence-corrected chi connectivity index (χ1v) is 6.76. The van der Waals surface area contributed by atoms with Gasteiger partial charge in [-0.05, 0) is 24.8 Å². The van der Waals surface area contributed by atoms with Gasteiger partial charge in [-0.25, -0.2) is 4.79 Å². The van der Waals surface area contributed by atoms with Crippen LogP contribution >= 0.6 is 0 Å². The van der Waals surface area contributed by atoms with Crippen LogP contribution in [0.4, 0.5) is 0 Å². The standard InChI is InChI=1S/C15H19NO4/c1-20-13(11-7-3-2-4-8-11)14(17)16-10-6-5-9-12(16)15(18)19/h2-4,7-8,12-13H,5-6,9-10H2,1H3,(H,18,19)/t12-,13-/m0/s1. The third-order valence-corrected chi connectivity index (χ3v) is 3.63. The van der Waals surface area contributed by atoms with Gasteiger partial charge in [-0.3, -0.25) is 4.79 Å². The summed E-state index contributed by atoms with van der Waals surface area (Å²) in [5.74, 6) is -1.22. The lowest BCUT2D eigenvalue weighted by Crippen LogP contribution is -2.49. The van der Waals surface area contributed by atoms with Crippen LogP contribution in [-0.2, 0) is 14.3 Å². The van der Waals surface area contributed by atoms with Gasteiger partial charge in [-0.15, -0.1) is 0 Å². The van der Waals surface area contributed by atoms with Crippen molar-refractivity contribution < 1.29 is 19.4 Å². The third kappa shape index (κ3) is 2.99. The topological polar surface area (TPSA) is 66.8 Å². The molecule has 108 valence electrons. The quantitative estimate of drug-likeness (QED) is 0.912. The Morgan fingerprint density at radius 3 is 2.60 bits per heavy atom. The minimum Gasteiger partial charge on any atom is -0.480 e. The van der Waals surface area contributed by atoms with Crippen LogP contribution in [0.3, 0.4) is 0 Å². The maximum atomic E-state index is 12.6. The lowest BCUT2D eigenvalue weighted by molar-refractivity contribution is -0.157. The van der Waals surface area contributed by atoms with Crippen molar-refractivity contribution in [2.24, 2.45) is 0 Å². The van der Waals surface area contributed by atoms with Crippen molar-refractivity contribution in [2.45, 2.75) is 31.4 Å². The van der Waals surface area contributed by atoms with E-state index in [1.807, 2.05) is 30.3 Å². The molecular formula is C15H19NO4. The lowest BCUT2D eigenvalue weighted by atomic mass is 10.00. The first-order chi connectivity index (χ1) is 9.65. The Balaban J connectivity index is 2.21. The molecule has 2 atom stereocenters. The van der Waals surface area contributed by atoms with Crippen LogP contribution in [-0.4, -0.2) is 41.6 Å². The number of carbonyl (C=O) groups excluding carboxylic acids is 1. The third-order valence-electron chi connectivity index (χ3n) is 3.63. The molecule has 1 aromatic rings. The Morgan fingerprint density at radius 1 is 1.30 bits per heavy atom. The second-order valence-electron chi connectivity index (χ2n) is 4.91. The second kappa shape index (κ2) is 6.52. The molecule has 2 rings (SSSR count). The summed E-state index contributed by atoms with van der Waals surface area (Å²) < 4.78 is 5.30. The van der Waals surface area contributed by atoms with E-state index >= 15 is 0 Å². The Labute approximate surface area is 118 Å². The zero-order chi connectivity index (χ0) is 14.5. The van der Waals surface area contributed by atoms with Crippen molar-refractivity contribution in [1.82, 2.24) is 4.90 Å². The van der Waals surface area contributed by atoms with Gasteiger partial charge in [0, 0.05) is 13.7 Å². The molecule has 5 heteroatoms. The summed E-state index contributed by atoms with van der Waals surface area (Å²) in [7, 11) is 1.47. The zero-order valence-electron chi connectivity index (χ0n) is 11.5. The van der Waals surface area contributed by atoms with Crippen LogP contribution in [0, 0.1) is 0 Å². The average Bonchev–Trinajstić information content (AvgIpc) is 2.49. The van der Waals surface area contributed by atoms with Gasteiger partial charge < -0.3 is 14.7 Å². The molecule has 1 heterocycles. The van der Waals surface area contributed by atoms with Gasteiger partial charge in [0.1, 0.15) is 6.04 Å². The smallest absolute Gasteiger partial charge is 0.326 e. The SMILES string of the molecule is CO[C@H](C(=O)N1CCCC[C@H]1C(=O)O)c1ccccc1. The van der Waals surface area contributed by atoms with Gasteiger partial charge in [0.05, 0.1) is 0 Å². The first kappa shape index (κ1) is 14.5. The fourth-order valence-electron chi connectivity index (χ4n) is 2.61. The van der Waals surface area contributed by atoms with E-state index in [0.29, 0.717) is 13.0 Å². The number of ether oxygens (including phenoxy) is 1. The summed E-state index contributed by atoms with van der Waals surface area (Å²) in [6, 6.07) is 8.41. The highest BCUT2D eigenvalue weighted by atomic mass is 16.5. The highest BCUT2D eigenvalue weighted by Gasteiger charge is 2.35. The van der Waals surface area contributed by atoms with Gasteiger partial charge in [0.25, 0.3) is 5.91 Å². The van der Waals surface area contributed by atoms with E-state index in [0.717, 1.165) is 18.4 Å². The molecule has 0 aromatic heterocycles. The highest BCUT2D eigenvalue weighted by Crippen LogP contribution is 2.25. The summed E-state index contributed by atoms with van der Waals surface area (Å²) >= 11 is 0. The predicted molar refractivity (Wildman–Crippen MR) is 73.2 cm³/mol. The molecule has 1 aromatic carbocycles. The predicted octanol–water partition coefficient (Wildman–Crippen LogP) is 1.84. The Morgan fingerprint density at radius 2 is 2.00 bits per heavy atom. The normalized spacial score (nSPS) is 20.4. The molecule has 0 saturated carbocycles. The van der Waals surface area contributed by atoms with Crippen LogP contribution in [0.2, 0.25) is 0 Å². The number of carbonyl (C=O) groups is 2.